The SMILES string of the molecule is C1CCCCCOCCCCOCCCCC1. The molecule has 1 aliphatic heterocycles. The second-order valence-electron chi connectivity index (χ2n) is 5.11. The average molecular weight is 242 g/mol. The molecular weight excluding hydrogens is 212 g/mol. The van der Waals surface area contributed by atoms with Gasteiger partial charge < -0.3 is 9.47 Å². The summed E-state index contributed by atoms with van der Waals surface area (Å²) in [4.78, 5) is 0. The predicted octanol–water partition coefficient (Wildman–Crippen LogP) is 4.32. The first-order valence-corrected chi connectivity index (χ1v) is 7.65. The number of hydrogen-bond acceptors (Lipinski definition) is 2. The molecule has 1 heterocycles. The summed E-state index contributed by atoms with van der Waals surface area (Å²) in [7, 11) is 0. The van der Waals surface area contributed by atoms with Crippen LogP contribution in [0.2, 0.25) is 0 Å². The Morgan fingerprint density at radius 1 is 0.294 bits per heavy atom. The van der Waals surface area contributed by atoms with Crippen molar-refractivity contribution in [2.45, 2.75) is 70.6 Å². The van der Waals surface area contributed by atoms with E-state index in [9.17, 15) is 0 Å². The maximum Gasteiger partial charge on any atom is 0.0466 e. The number of hydrogen-bond donors (Lipinski definition) is 0. The summed E-state index contributed by atoms with van der Waals surface area (Å²) in [6.07, 6.45) is 14.5. The maximum absolute atomic E-state index is 5.60. The van der Waals surface area contributed by atoms with Crippen LogP contribution in [0.1, 0.15) is 70.6 Å². The minimum atomic E-state index is 0.920. The second-order valence-corrected chi connectivity index (χ2v) is 5.11. The van der Waals surface area contributed by atoms with Gasteiger partial charge in [0.25, 0.3) is 0 Å². The van der Waals surface area contributed by atoms with Crippen LogP contribution in [0, 0.1) is 0 Å². The van der Waals surface area contributed by atoms with Crippen molar-refractivity contribution < 1.29 is 9.47 Å². The molecule has 17 heavy (non-hydrogen) atoms. The Labute approximate surface area is 107 Å². The van der Waals surface area contributed by atoms with Crippen molar-refractivity contribution in [3.05, 3.63) is 0 Å². The fourth-order valence-corrected chi connectivity index (χ4v) is 2.26. The Bertz CT molecular complexity index is 78.4. The third-order valence-corrected chi connectivity index (χ3v) is 3.40. The Kier molecular flexibility index (Phi) is 10.9. The molecule has 0 aromatic carbocycles. The maximum atomic E-state index is 5.60. The fraction of sp³-hybridized carbons (Fsp3) is 1.00. The molecule has 0 unspecified atom stereocenters. The van der Waals surface area contributed by atoms with Crippen molar-refractivity contribution >= 4 is 0 Å². The van der Waals surface area contributed by atoms with Gasteiger partial charge in [-0.1, -0.05) is 44.9 Å². The Hall–Kier alpha value is -0.0800. The minimum Gasteiger partial charge on any atom is -0.381 e. The van der Waals surface area contributed by atoms with E-state index in [4.69, 9.17) is 9.47 Å². The van der Waals surface area contributed by atoms with E-state index < -0.39 is 0 Å². The molecule has 0 spiro atoms. The molecule has 2 heteroatoms. The van der Waals surface area contributed by atoms with Crippen LogP contribution in [0.5, 0.6) is 0 Å². The molecule has 1 saturated heterocycles. The van der Waals surface area contributed by atoms with Gasteiger partial charge in [0.1, 0.15) is 0 Å². The quantitative estimate of drug-likeness (QED) is 0.629. The molecular formula is C15H30O2. The fourth-order valence-electron chi connectivity index (χ4n) is 2.26. The summed E-state index contributed by atoms with van der Waals surface area (Å²) in [5.41, 5.74) is 0. The van der Waals surface area contributed by atoms with Crippen molar-refractivity contribution in [2.75, 3.05) is 26.4 Å². The van der Waals surface area contributed by atoms with E-state index in [0.29, 0.717) is 0 Å². The lowest BCUT2D eigenvalue weighted by molar-refractivity contribution is 0.0994. The zero-order valence-corrected chi connectivity index (χ0v) is 11.4. The zero-order valence-electron chi connectivity index (χ0n) is 11.4. The molecule has 0 aromatic rings. The van der Waals surface area contributed by atoms with E-state index in [1.165, 1.54) is 57.8 Å². The summed E-state index contributed by atoms with van der Waals surface area (Å²) in [6.45, 7) is 3.76. The van der Waals surface area contributed by atoms with E-state index in [-0.39, 0.29) is 0 Å². The van der Waals surface area contributed by atoms with E-state index in [1.807, 2.05) is 0 Å². The first-order valence-electron chi connectivity index (χ1n) is 7.65. The average Bonchev–Trinajstić information content (AvgIpc) is 2.35. The van der Waals surface area contributed by atoms with Gasteiger partial charge in [-0.25, -0.2) is 0 Å². The van der Waals surface area contributed by atoms with Crippen LogP contribution in [0.4, 0.5) is 0 Å². The summed E-state index contributed by atoms with van der Waals surface area (Å²) < 4.78 is 11.2. The first-order chi connectivity index (χ1) is 8.50. The van der Waals surface area contributed by atoms with E-state index >= 15 is 0 Å². The van der Waals surface area contributed by atoms with Crippen LogP contribution in [0.15, 0.2) is 0 Å². The lowest BCUT2D eigenvalue weighted by atomic mass is 10.1. The number of ether oxygens (including phenoxy) is 2. The van der Waals surface area contributed by atoms with Gasteiger partial charge in [-0.05, 0) is 25.7 Å². The zero-order chi connectivity index (χ0) is 12.0. The molecule has 1 fully saturated rings. The van der Waals surface area contributed by atoms with Gasteiger partial charge in [-0.3, -0.25) is 0 Å². The molecule has 102 valence electrons. The lowest BCUT2D eigenvalue weighted by Crippen LogP contribution is -2.01. The summed E-state index contributed by atoms with van der Waals surface area (Å²) in [5.74, 6) is 0. The Morgan fingerprint density at radius 3 is 0.882 bits per heavy atom. The van der Waals surface area contributed by atoms with Gasteiger partial charge in [-0.2, -0.15) is 0 Å². The van der Waals surface area contributed by atoms with Gasteiger partial charge in [0, 0.05) is 26.4 Å². The summed E-state index contributed by atoms with van der Waals surface area (Å²) in [5, 5.41) is 0. The smallest absolute Gasteiger partial charge is 0.0466 e. The molecule has 0 saturated carbocycles. The summed E-state index contributed by atoms with van der Waals surface area (Å²) in [6, 6.07) is 0. The predicted molar refractivity (Wildman–Crippen MR) is 72.4 cm³/mol. The molecule has 1 aliphatic rings. The van der Waals surface area contributed by atoms with Crippen LogP contribution >= 0.6 is 0 Å². The third-order valence-electron chi connectivity index (χ3n) is 3.40. The van der Waals surface area contributed by atoms with Crippen molar-refractivity contribution in [1.82, 2.24) is 0 Å². The molecule has 1 rings (SSSR count). The Morgan fingerprint density at radius 2 is 0.529 bits per heavy atom. The van der Waals surface area contributed by atoms with Gasteiger partial charge in [0.2, 0.25) is 0 Å². The molecule has 2 nitrogen and oxygen atoms in total. The van der Waals surface area contributed by atoms with Gasteiger partial charge in [0.05, 0.1) is 0 Å². The second kappa shape index (κ2) is 12.4. The van der Waals surface area contributed by atoms with Crippen LogP contribution in [-0.4, -0.2) is 26.4 Å². The molecule has 0 amide bonds. The van der Waals surface area contributed by atoms with E-state index in [0.717, 1.165) is 39.3 Å². The normalized spacial score (nSPS) is 24.0. The third kappa shape index (κ3) is 10.8. The topological polar surface area (TPSA) is 18.5 Å². The van der Waals surface area contributed by atoms with Crippen LogP contribution in [0.3, 0.4) is 0 Å². The van der Waals surface area contributed by atoms with Crippen molar-refractivity contribution in [1.29, 1.82) is 0 Å². The molecule has 0 aliphatic carbocycles. The highest BCUT2D eigenvalue weighted by atomic mass is 16.5. The highest BCUT2D eigenvalue weighted by Gasteiger charge is 1.96. The molecule has 0 bridgehead atoms. The minimum absolute atomic E-state index is 0.920. The van der Waals surface area contributed by atoms with Gasteiger partial charge in [0.15, 0.2) is 0 Å². The van der Waals surface area contributed by atoms with Crippen molar-refractivity contribution in [3.63, 3.8) is 0 Å². The van der Waals surface area contributed by atoms with Crippen molar-refractivity contribution in [3.8, 4) is 0 Å². The molecule has 0 aromatic heterocycles. The Balaban J connectivity index is 2.01. The standard InChI is InChI=1S/C15H30O2/c1-2-4-6-8-12-16-14-10-11-15-17-13-9-7-5-3-1/h1-15H2. The molecule has 0 N–H and O–H groups in total. The lowest BCUT2D eigenvalue weighted by Gasteiger charge is -2.05. The molecule has 0 atom stereocenters. The van der Waals surface area contributed by atoms with Crippen LogP contribution in [0.25, 0.3) is 0 Å². The molecule has 0 radical (unpaired) electrons. The van der Waals surface area contributed by atoms with E-state index in [1.54, 1.807) is 0 Å². The monoisotopic (exact) mass is 242 g/mol. The summed E-state index contributed by atoms with van der Waals surface area (Å²) >= 11 is 0. The van der Waals surface area contributed by atoms with Gasteiger partial charge >= 0.3 is 0 Å². The first kappa shape index (κ1) is 15.0. The largest absolute Gasteiger partial charge is 0.381 e. The highest BCUT2D eigenvalue weighted by molar-refractivity contribution is 4.48. The number of rotatable bonds is 0. The van der Waals surface area contributed by atoms with Crippen molar-refractivity contribution in [2.24, 2.45) is 0 Å². The van der Waals surface area contributed by atoms with E-state index in [2.05, 4.69) is 0 Å². The highest BCUT2D eigenvalue weighted by Crippen LogP contribution is 2.10. The van der Waals surface area contributed by atoms with Crippen LogP contribution < -0.4 is 0 Å². The van der Waals surface area contributed by atoms with Gasteiger partial charge in [-0.15, -0.1) is 0 Å². The van der Waals surface area contributed by atoms with Crippen LogP contribution in [-0.2, 0) is 9.47 Å².